The van der Waals surface area contributed by atoms with Crippen LogP contribution in [-0.2, 0) is 20.7 Å². The molecule has 178 valence electrons. The Labute approximate surface area is 201 Å². The lowest BCUT2D eigenvalue weighted by molar-refractivity contribution is -0.199. The molecule has 0 spiro atoms. The molecule has 2 heterocycles. The molecule has 4 saturated carbocycles. The third-order valence-electron chi connectivity index (χ3n) is 9.10. The van der Waals surface area contributed by atoms with Crippen LogP contribution >= 0.6 is 0 Å². The van der Waals surface area contributed by atoms with Crippen molar-refractivity contribution in [3.8, 4) is 5.75 Å². The minimum absolute atomic E-state index is 0.174. The summed E-state index contributed by atoms with van der Waals surface area (Å²) in [5.74, 6) is 1.74. The first-order valence-corrected chi connectivity index (χ1v) is 12.4. The van der Waals surface area contributed by atoms with Gasteiger partial charge in [0.15, 0.2) is 11.4 Å². The van der Waals surface area contributed by atoms with Crippen LogP contribution in [0.15, 0.2) is 42.6 Å². The molecular weight excluding hydrogens is 429 g/mol. The average Bonchev–Trinajstić information content (AvgIpc) is 3.56. The molecular formula is C27H32BNO5. The highest BCUT2D eigenvalue weighted by molar-refractivity contribution is 6.49. The van der Waals surface area contributed by atoms with Crippen LogP contribution in [0, 0.1) is 17.3 Å². The number of aromatic nitrogens is 1. The number of methoxy groups -OCH3 is 1. The van der Waals surface area contributed by atoms with Crippen molar-refractivity contribution in [3.63, 3.8) is 0 Å². The number of benzene rings is 1. The van der Waals surface area contributed by atoms with Gasteiger partial charge in [-0.1, -0.05) is 44.2 Å². The van der Waals surface area contributed by atoms with Crippen LogP contribution in [0.5, 0.6) is 5.75 Å². The Bertz CT molecular complexity index is 1110. The van der Waals surface area contributed by atoms with Crippen LogP contribution in [0.4, 0.5) is 0 Å². The van der Waals surface area contributed by atoms with Crippen LogP contribution in [0.1, 0.15) is 67.6 Å². The Morgan fingerprint density at radius 3 is 2.68 bits per heavy atom. The van der Waals surface area contributed by atoms with Gasteiger partial charge in [-0.2, -0.15) is 0 Å². The quantitative estimate of drug-likeness (QED) is 0.444. The van der Waals surface area contributed by atoms with Gasteiger partial charge in [-0.25, -0.2) is 9.78 Å². The first kappa shape index (κ1) is 22.1. The highest BCUT2D eigenvalue weighted by Crippen LogP contribution is 2.68. The topological polar surface area (TPSA) is 66.9 Å². The van der Waals surface area contributed by atoms with Crippen LogP contribution in [0.3, 0.4) is 0 Å². The lowest BCUT2D eigenvalue weighted by Crippen LogP contribution is -2.65. The Morgan fingerprint density at radius 1 is 1.15 bits per heavy atom. The second kappa shape index (κ2) is 7.82. The zero-order chi connectivity index (χ0) is 23.7. The number of hydrogen-bond acceptors (Lipinski definition) is 6. The maximum absolute atomic E-state index is 12.5. The highest BCUT2D eigenvalue weighted by Gasteiger charge is 2.70. The van der Waals surface area contributed by atoms with E-state index in [4.69, 9.17) is 18.8 Å². The van der Waals surface area contributed by atoms with Crippen molar-refractivity contribution in [1.29, 1.82) is 0 Å². The average molecular weight is 461 g/mol. The van der Waals surface area contributed by atoms with Gasteiger partial charge in [0.2, 0.25) is 0 Å². The first-order valence-electron chi connectivity index (χ1n) is 12.4. The summed E-state index contributed by atoms with van der Waals surface area (Å²) >= 11 is 0. The van der Waals surface area contributed by atoms with Gasteiger partial charge in [0.05, 0.1) is 18.8 Å². The molecule has 0 N–H and O–H groups in total. The largest absolute Gasteiger partial charge is 0.486 e. The number of hydrogen-bond donors (Lipinski definition) is 0. The minimum atomic E-state index is -0.490. The molecule has 1 saturated heterocycles. The van der Waals surface area contributed by atoms with E-state index in [1.54, 1.807) is 6.20 Å². The van der Waals surface area contributed by atoms with Gasteiger partial charge in [-0.05, 0) is 61.0 Å². The SMILES string of the molecule is COC(=O)c1nccc([C@H]2C[C@H]2B2OC3CC4CC(C4(C)C)[C@]3(C)O2)c1OCc1ccccc1. The molecule has 6 nitrogen and oxygen atoms in total. The number of rotatable bonds is 6. The molecule has 1 aromatic carbocycles. The molecule has 0 amide bonds. The predicted octanol–water partition coefficient (Wildman–Crippen LogP) is 5.03. The summed E-state index contributed by atoms with van der Waals surface area (Å²) in [6, 6.07) is 11.9. The summed E-state index contributed by atoms with van der Waals surface area (Å²) in [6.45, 7) is 7.37. The number of pyridine rings is 1. The Kier molecular flexibility index (Phi) is 5.09. The van der Waals surface area contributed by atoms with Crippen molar-refractivity contribution in [2.45, 2.75) is 70.1 Å². The van der Waals surface area contributed by atoms with E-state index in [-0.39, 0.29) is 36.3 Å². The van der Waals surface area contributed by atoms with Gasteiger partial charge < -0.3 is 18.8 Å². The molecule has 5 aliphatic rings. The van der Waals surface area contributed by atoms with E-state index < -0.39 is 5.97 Å². The second-order valence-electron chi connectivity index (χ2n) is 11.2. The van der Waals surface area contributed by atoms with Crippen molar-refractivity contribution in [2.75, 3.05) is 7.11 Å². The van der Waals surface area contributed by atoms with E-state index in [9.17, 15) is 4.79 Å². The monoisotopic (exact) mass is 461 g/mol. The minimum Gasteiger partial charge on any atom is -0.486 e. The molecule has 1 aromatic heterocycles. The summed E-state index contributed by atoms with van der Waals surface area (Å²) in [5, 5.41) is 0. The molecule has 2 bridgehead atoms. The normalized spacial score (nSPS) is 34.7. The molecule has 2 aromatic rings. The third kappa shape index (κ3) is 3.31. The number of carbonyl (C=O) groups is 1. The molecule has 4 aliphatic carbocycles. The van der Waals surface area contributed by atoms with E-state index in [0.29, 0.717) is 23.7 Å². The summed E-state index contributed by atoms with van der Waals surface area (Å²) < 4.78 is 24.5. The van der Waals surface area contributed by atoms with Gasteiger partial charge in [-0.15, -0.1) is 0 Å². The molecule has 6 atom stereocenters. The van der Waals surface area contributed by atoms with Gasteiger partial charge >= 0.3 is 13.1 Å². The fraction of sp³-hybridized carbons (Fsp3) is 0.556. The van der Waals surface area contributed by atoms with Crippen molar-refractivity contribution >= 4 is 13.1 Å². The Morgan fingerprint density at radius 2 is 1.94 bits per heavy atom. The summed E-state index contributed by atoms with van der Waals surface area (Å²) in [6.07, 6.45) is 5.11. The summed E-state index contributed by atoms with van der Waals surface area (Å²) in [4.78, 5) is 16.8. The van der Waals surface area contributed by atoms with Gasteiger partial charge in [0, 0.05) is 17.6 Å². The van der Waals surface area contributed by atoms with Gasteiger partial charge in [-0.3, -0.25) is 0 Å². The van der Waals surface area contributed by atoms with Gasteiger partial charge in [0.1, 0.15) is 6.61 Å². The van der Waals surface area contributed by atoms with Crippen molar-refractivity contribution < 1.29 is 23.6 Å². The number of esters is 1. The smallest absolute Gasteiger partial charge is 0.461 e. The second-order valence-corrected chi connectivity index (χ2v) is 11.2. The van der Waals surface area contributed by atoms with Gasteiger partial charge in [0.25, 0.3) is 0 Å². The van der Waals surface area contributed by atoms with E-state index >= 15 is 0 Å². The lowest BCUT2D eigenvalue weighted by Gasteiger charge is -2.64. The number of ether oxygens (including phenoxy) is 2. The summed E-state index contributed by atoms with van der Waals surface area (Å²) in [5.41, 5.74) is 2.34. The molecule has 5 fully saturated rings. The highest BCUT2D eigenvalue weighted by atomic mass is 16.7. The summed E-state index contributed by atoms with van der Waals surface area (Å²) in [7, 11) is 1.15. The fourth-order valence-corrected chi connectivity index (χ4v) is 6.83. The van der Waals surface area contributed by atoms with E-state index in [2.05, 4.69) is 25.8 Å². The van der Waals surface area contributed by atoms with E-state index in [0.717, 1.165) is 29.9 Å². The van der Waals surface area contributed by atoms with Crippen molar-refractivity contribution in [2.24, 2.45) is 17.3 Å². The van der Waals surface area contributed by atoms with Crippen LogP contribution in [0.2, 0.25) is 5.82 Å². The third-order valence-corrected chi connectivity index (χ3v) is 9.10. The number of nitrogens with zero attached hydrogens (tertiary/aromatic N) is 1. The molecule has 7 rings (SSSR count). The van der Waals surface area contributed by atoms with Crippen LogP contribution in [0.25, 0.3) is 0 Å². The van der Waals surface area contributed by atoms with E-state index in [1.165, 1.54) is 13.5 Å². The molecule has 3 unspecified atom stereocenters. The van der Waals surface area contributed by atoms with Crippen LogP contribution < -0.4 is 4.74 Å². The maximum Gasteiger partial charge on any atom is 0.461 e. The maximum atomic E-state index is 12.5. The molecule has 7 heteroatoms. The van der Waals surface area contributed by atoms with Crippen molar-refractivity contribution in [1.82, 2.24) is 4.98 Å². The van der Waals surface area contributed by atoms with Crippen molar-refractivity contribution in [3.05, 3.63) is 59.4 Å². The lowest BCUT2D eigenvalue weighted by atomic mass is 9.43. The Hall–Kier alpha value is -2.38. The predicted molar refractivity (Wildman–Crippen MR) is 128 cm³/mol. The zero-order valence-electron chi connectivity index (χ0n) is 20.3. The van der Waals surface area contributed by atoms with E-state index in [1.807, 2.05) is 36.4 Å². The standard InChI is InChI=1S/C27H32BNO5/c1-26(2)17-12-21(26)27(3)22(13-17)33-28(34-27)20-14-19(20)18-10-11-29-23(25(30)31-4)24(18)32-15-16-8-6-5-7-9-16/h5-11,17,19-22H,12-15H2,1-4H3/t17?,19-,20-,21?,22?,27+/m1/s1. The fourth-order valence-electron chi connectivity index (χ4n) is 6.83. The molecule has 0 radical (unpaired) electrons. The van der Waals surface area contributed by atoms with Crippen LogP contribution in [-0.4, -0.2) is 36.9 Å². The molecule has 34 heavy (non-hydrogen) atoms. The zero-order valence-corrected chi connectivity index (χ0v) is 20.3. The first-order chi connectivity index (χ1) is 16.3. The Balaban J connectivity index is 1.23. The molecule has 1 aliphatic heterocycles. The number of carbonyl (C=O) groups excluding carboxylic acids is 1.